The minimum absolute atomic E-state index is 0.0476. The summed E-state index contributed by atoms with van der Waals surface area (Å²) >= 11 is 0. The highest BCUT2D eigenvalue weighted by Gasteiger charge is 2.36. The molecule has 0 N–H and O–H groups in total. The molecule has 2 aromatic rings. The van der Waals surface area contributed by atoms with E-state index in [9.17, 15) is 23.2 Å². The Kier molecular flexibility index (Phi) is 6.53. The van der Waals surface area contributed by atoms with Crippen molar-refractivity contribution in [3.05, 3.63) is 71.6 Å². The van der Waals surface area contributed by atoms with Gasteiger partial charge in [-0.05, 0) is 18.6 Å². The summed E-state index contributed by atoms with van der Waals surface area (Å²) < 4.78 is 40.4. The fraction of sp³-hybridized carbons (Fsp3) is 0.318. The third-order valence-corrected chi connectivity index (χ3v) is 5.11. The summed E-state index contributed by atoms with van der Waals surface area (Å²) in [5.74, 6) is -0.683. The quantitative estimate of drug-likeness (QED) is 0.715. The van der Waals surface area contributed by atoms with Crippen LogP contribution in [0.3, 0.4) is 0 Å². The number of alkyl halides is 3. The molecule has 0 spiro atoms. The molecule has 1 saturated heterocycles. The minimum Gasteiger partial charge on any atom is -0.337 e. The predicted molar refractivity (Wildman–Crippen MR) is 106 cm³/mol. The topological polar surface area (TPSA) is 60.2 Å². The van der Waals surface area contributed by atoms with Crippen molar-refractivity contribution in [2.45, 2.75) is 19.1 Å². The van der Waals surface area contributed by atoms with Crippen LogP contribution in [0.1, 0.15) is 22.9 Å². The van der Waals surface area contributed by atoms with E-state index in [1.807, 2.05) is 17.9 Å². The lowest BCUT2D eigenvalue weighted by Gasteiger charge is -2.37. The molecule has 0 radical (unpaired) electrons. The van der Waals surface area contributed by atoms with Gasteiger partial charge in [0, 0.05) is 49.7 Å². The highest BCUT2D eigenvalue weighted by Crippen LogP contribution is 2.34. The fourth-order valence-electron chi connectivity index (χ4n) is 3.50. The summed E-state index contributed by atoms with van der Waals surface area (Å²) in [5, 5.41) is 9.63. The molecule has 0 saturated carbocycles. The second kappa shape index (κ2) is 9.09. The Balaban J connectivity index is 1.72. The SMILES string of the molecule is Cc1ncccc1C(C#N)N1CCN(C(=O)/C=C(/c2ccccc2)C(F)(F)F)CC1. The van der Waals surface area contributed by atoms with Crippen molar-refractivity contribution in [1.82, 2.24) is 14.8 Å². The van der Waals surface area contributed by atoms with Crippen molar-refractivity contribution in [3.63, 3.8) is 0 Å². The van der Waals surface area contributed by atoms with E-state index in [-0.39, 0.29) is 18.7 Å². The number of piperazine rings is 1. The molecule has 1 aliphatic heterocycles. The molecular formula is C22H21F3N4O. The number of benzene rings is 1. The lowest BCUT2D eigenvalue weighted by molar-refractivity contribution is -0.128. The Morgan fingerprint density at radius 3 is 2.37 bits per heavy atom. The zero-order valence-corrected chi connectivity index (χ0v) is 16.4. The van der Waals surface area contributed by atoms with E-state index < -0.39 is 23.7 Å². The van der Waals surface area contributed by atoms with Crippen LogP contribution in [0.15, 0.2) is 54.7 Å². The molecule has 8 heteroatoms. The molecule has 5 nitrogen and oxygen atoms in total. The smallest absolute Gasteiger partial charge is 0.337 e. The van der Waals surface area contributed by atoms with Gasteiger partial charge in [-0.2, -0.15) is 18.4 Å². The van der Waals surface area contributed by atoms with Crippen LogP contribution in [0.2, 0.25) is 0 Å². The minimum atomic E-state index is -4.64. The van der Waals surface area contributed by atoms with Gasteiger partial charge in [-0.15, -0.1) is 0 Å². The number of carbonyl (C=O) groups is 1. The maximum atomic E-state index is 13.5. The van der Waals surface area contributed by atoms with Crippen LogP contribution in [-0.4, -0.2) is 53.0 Å². The number of pyridine rings is 1. The van der Waals surface area contributed by atoms with E-state index in [2.05, 4.69) is 11.1 Å². The van der Waals surface area contributed by atoms with E-state index in [1.54, 1.807) is 18.3 Å². The molecule has 1 unspecified atom stereocenters. The van der Waals surface area contributed by atoms with Gasteiger partial charge in [0.2, 0.25) is 5.91 Å². The lowest BCUT2D eigenvalue weighted by atomic mass is 10.0. The molecule has 156 valence electrons. The normalized spacial score (nSPS) is 16.8. The van der Waals surface area contributed by atoms with E-state index in [4.69, 9.17) is 0 Å². The standard InChI is InChI=1S/C22H21F3N4O/c1-16-18(8-5-9-27-16)20(15-26)28-10-12-29(13-11-28)21(30)14-19(22(23,24)25)17-6-3-2-4-7-17/h2-9,14,20H,10-13H2,1H3/b19-14-. The van der Waals surface area contributed by atoms with Crippen molar-refractivity contribution in [1.29, 1.82) is 5.26 Å². The zero-order valence-electron chi connectivity index (χ0n) is 16.4. The summed E-state index contributed by atoms with van der Waals surface area (Å²) in [5.41, 5.74) is 0.538. The first-order valence-electron chi connectivity index (χ1n) is 9.49. The second-order valence-electron chi connectivity index (χ2n) is 6.99. The summed E-state index contributed by atoms with van der Waals surface area (Å²) in [4.78, 5) is 20.1. The highest BCUT2D eigenvalue weighted by molar-refractivity contribution is 5.96. The average Bonchev–Trinajstić information content (AvgIpc) is 2.74. The largest absolute Gasteiger partial charge is 0.417 e. The molecule has 30 heavy (non-hydrogen) atoms. The van der Waals surface area contributed by atoms with Crippen molar-refractivity contribution >= 4 is 11.5 Å². The third-order valence-electron chi connectivity index (χ3n) is 5.11. The van der Waals surface area contributed by atoms with Gasteiger partial charge >= 0.3 is 6.18 Å². The number of amides is 1. The zero-order chi connectivity index (χ0) is 21.7. The Morgan fingerprint density at radius 1 is 1.13 bits per heavy atom. The van der Waals surface area contributed by atoms with Crippen molar-refractivity contribution in [2.75, 3.05) is 26.2 Å². The van der Waals surface area contributed by atoms with Gasteiger partial charge < -0.3 is 4.90 Å². The van der Waals surface area contributed by atoms with E-state index in [0.29, 0.717) is 19.2 Å². The summed E-state index contributed by atoms with van der Waals surface area (Å²) in [6, 6.07) is 12.6. The van der Waals surface area contributed by atoms with E-state index in [1.165, 1.54) is 29.2 Å². The fourth-order valence-corrected chi connectivity index (χ4v) is 3.50. The number of hydrogen-bond acceptors (Lipinski definition) is 4. The first-order valence-corrected chi connectivity index (χ1v) is 9.49. The number of aromatic nitrogens is 1. The molecule has 1 amide bonds. The molecule has 1 aromatic carbocycles. The van der Waals surface area contributed by atoms with Gasteiger partial charge in [0.1, 0.15) is 6.04 Å². The van der Waals surface area contributed by atoms with E-state index >= 15 is 0 Å². The number of nitriles is 1. The van der Waals surface area contributed by atoms with Gasteiger partial charge in [-0.3, -0.25) is 14.7 Å². The molecule has 3 rings (SSSR count). The number of carbonyl (C=O) groups excluding carboxylic acids is 1. The molecule has 1 fully saturated rings. The monoisotopic (exact) mass is 414 g/mol. The van der Waals surface area contributed by atoms with Gasteiger partial charge in [-0.25, -0.2) is 0 Å². The van der Waals surface area contributed by atoms with Gasteiger partial charge in [0.15, 0.2) is 0 Å². The molecule has 1 aromatic heterocycles. The Hall–Kier alpha value is -3.18. The van der Waals surface area contributed by atoms with Gasteiger partial charge in [0.05, 0.1) is 11.6 Å². The number of nitrogens with zero attached hydrogens (tertiary/aromatic N) is 4. The molecule has 1 atom stereocenters. The van der Waals surface area contributed by atoms with Crippen LogP contribution in [0.25, 0.3) is 5.57 Å². The van der Waals surface area contributed by atoms with E-state index in [0.717, 1.165) is 11.3 Å². The summed E-state index contributed by atoms with van der Waals surface area (Å²) in [6.45, 7) is 3.09. The van der Waals surface area contributed by atoms with Gasteiger partial charge in [0.25, 0.3) is 0 Å². The molecule has 1 aliphatic rings. The number of allylic oxidation sites excluding steroid dienone is 1. The Morgan fingerprint density at radius 2 is 1.80 bits per heavy atom. The lowest BCUT2D eigenvalue weighted by Crippen LogP contribution is -2.49. The predicted octanol–water partition coefficient (Wildman–Crippen LogP) is 3.74. The molecular weight excluding hydrogens is 393 g/mol. The molecule has 0 aliphatic carbocycles. The number of hydrogen-bond donors (Lipinski definition) is 0. The Bertz CT molecular complexity index is 958. The van der Waals surface area contributed by atoms with Crippen LogP contribution in [-0.2, 0) is 4.79 Å². The van der Waals surface area contributed by atoms with Crippen LogP contribution < -0.4 is 0 Å². The van der Waals surface area contributed by atoms with Crippen LogP contribution in [0.5, 0.6) is 0 Å². The van der Waals surface area contributed by atoms with Crippen molar-refractivity contribution in [3.8, 4) is 6.07 Å². The maximum Gasteiger partial charge on any atom is 0.417 e. The van der Waals surface area contributed by atoms with Crippen LogP contribution >= 0.6 is 0 Å². The summed E-state index contributed by atoms with van der Waals surface area (Å²) in [7, 11) is 0. The van der Waals surface area contributed by atoms with Crippen LogP contribution in [0.4, 0.5) is 13.2 Å². The number of aryl methyl sites for hydroxylation is 1. The molecule has 2 heterocycles. The maximum absolute atomic E-state index is 13.5. The van der Waals surface area contributed by atoms with Crippen LogP contribution in [0, 0.1) is 18.3 Å². The second-order valence-corrected chi connectivity index (χ2v) is 6.99. The number of halogens is 3. The molecule has 0 bridgehead atoms. The van der Waals surface area contributed by atoms with Crippen molar-refractivity contribution < 1.29 is 18.0 Å². The Labute approximate surface area is 173 Å². The first kappa shape index (κ1) is 21.5. The first-order chi connectivity index (χ1) is 14.3. The average molecular weight is 414 g/mol. The third kappa shape index (κ3) is 4.86. The highest BCUT2D eigenvalue weighted by atomic mass is 19.4. The van der Waals surface area contributed by atoms with Crippen molar-refractivity contribution in [2.24, 2.45) is 0 Å². The van der Waals surface area contributed by atoms with Gasteiger partial charge in [-0.1, -0.05) is 36.4 Å². The number of rotatable bonds is 4. The summed E-state index contributed by atoms with van der Waals surface area (Å²) in [6.07, 6.45) is -2.32.